The second kappa shape index (κ2) is 8.87. The molecule has 1 atom stereocenters. The molecular formula is C18H18ClN3O4. The molecule has 2 aromatic rings. The van der Waals surface area contributed by atoms with Gasteiger partial charge in [0.25, 0.3) is 5.91 Å². The van der Waals surface area contributed by atoms with Crippen molar-refractivity contribution < 1.29 is 19.4 Å². The lowest BCUT2D eigenvalue weighted by Crippen LogP contribution is -2.34. The first kappa shape index (κ1) is 19.3. The number of hydrogen-bond acceptors (Lipinski definition) is 5. The van der Waals surface area contributed by atoms with Crippen molar-refractivity contribution in [2.75, 3.05) is 12.4 Å². The van der Waals surface area contributed by atoms with E-state index in [0.717, 1.165) is 0 Å². The number of phenols is 1. The van der Waals surface area contributed by atoms with Gasteiger partial charge in [-0.25, -0.2) is 5.43 Å². The lowest BCUT2D eigenvalue weighted by Gasteiger charge is -2.11. The number of hydrazone groups is 1. The largest absolute Gasteiger partial charge is 0.507 e. The van der Waals surface area contributed by atoms with Gasteiger partial charge in [-0.3, -0.25) is 9.59 Å². The molecule has 0 aliphatic carbocycles. The van der Waals surface area contributed by atoms with Crippen molar-refractivity contribution in [1.29, 1.82) is 0 Å². The molecule has 0 aliphatic heterocycles. The van der Waals surface area contributed by atoms with E-state index in [1.54, 1.807) is 31.4 Å². The summed E-state index contributed by atoms with van der Waals surface area (Å²) in [7, 11) is 1.55. The molecule has 0 aromatic heterocycles. The number of rotatable bonds is 6. The Hall–Kier alpha value is -3.06. The highest BCUT2D eigenvalue weighted by Gasteiger charge is 2.21. The number of benzene rings is 2. The number of methoxy groups -OCH3 is 1. The molecule has 1 unspecified atom stereocenters. The average molecular weight is 376 g/mol. The number of anilines is 1. The molecule has 2 rings (SSSR count). The lowest BCUT2D eigenvalue weighted by atomic mass is 10.1. The van der Waals surface area contributed by atoms with Gasteiger partial charge in [-0.15, -0.1) is 0 Å². The van der Waals surface area contributed by atoms with E-state index in [9.17, 15) is 14.7 Å². The zero-order valence-corrected chi connectivity index (χ0v) is 14.9. The van der Waals surface area contributed by atoms with Crippen molar-refractivity contribution in [1.82, 2.24) is 5.43 Å². The highest BCUT2D eigenvalue weighted by Crippen LogP contribution is 2.19. The summed E-state index contributed by atoms with van der Waals surface area (Å²) in [5.41, 5.74) is 3.14. The maximum atomic E-state index is 12.1. The molecule has 0 fully saturated rings. The molecule has 26 heavy (non-hydrogen) atoms. The Bertz CT molecular complexity index is 822. The predicted molar refractivity (Wildman–Crippen MR) is 99.6 cm³/mol. The van der Waals surface area contributed by atoms with E-state index in [2.05, 4.69) is 15.8 Å². The number of carbonyl (C=O) groups is 2. The van der Waals surface area contributed by atoms with Crippen molar-refractivity contribution in [2.45, 2.75) is 6.92 Å². The van der Waals surface area contributed by atoms with Crippen molar-refractivity contribution in [2.24, 2.45) is 11.0 Å². The van der Waals surface area contributed by atoms with Crippen LogP contribution in [-0.2, 0) is 9.59 Å². The monoisotopic (exact) mass is 375 g/mol. The average Bonchev–Trinajstić information content (AvgIpc) is 2.64. The molecular weight excluding hydrogens is 358 g/mol. The van der Waals surface area contributed by atoms with E-state index >= 15 is 0 Å². The molecule has 2 aromatic carbocycles. The van der Waals surface area contributed by atoms with Crippen LogP contribution in [-0.4, -0.2) is 30.2 Å². The summed E-state index contributed by atoms with van der Waals surface area (Å²) in [6.07, 6.45) is 1.24. The Morgan fingerprint density at radius 2 is 1.88 bits per heavy atom. The summed E-state index contributed by atoms with van der Waals surface area (Å²) in [5, 5.41) is 16.5. The molecule has 136 valence electrons. The van der Waals surface area contributed by atoms with Crippen LogP contribution in [0.4, 0.5) is 5.69 Å². The Morgan fingerprint density at radius 1 is 1.19 bits per heavy atom. The molecule has 0 spiro atoms. The number of phenolic OH excluding ortho intramolecular Hbond substituents is 1. The topological polar surface area (TPSA) is 100 Å². The number of carbonyl (C=O) groups excluding carboxylic acids is 2. The van der Waals surface area contributed by atoms with Gasteiger partial charge in [0, 0.05) is 16.3 Å². The van der Waals surface area contributed by atoms with E-state index < -0.39 is 17.7 Å². The van der Waals surface area contributed by atoms with Gasteiger partial charge < -0.3 is 15.2 Å². The molecule has 7 nitrogen and oxygen atoms in total. The molecule has 0 heterocycles. The van der Waals surface area contributed by atoms with Crippen LogP contribution >= 0.6 is 11.6 Å². The molecule has 0 saturated carbocycles. The summed E-state index contributed by atoms with van der Waals surface area (Å²) in [4.78, 5) is 24.2. The summed E-state index contributed by atoms with van der Waals surface area (Å²) >= 11 is 5.83. The Kier molecular flexibility index (Phi) is 6.57. The zero-order chi connectivity index (χ0) is 19.1. The van der Waals surface area contributed by atoms with Crippen LogP contribution in [0.5, 0.6) is 11.5 Å². The second-order valence-corrected chi connectivity index (χ2v) is 5.81. The molecule has 0 aliphatic rings. The third-order valence-corrected chi connectivity index (χ3v) is 3.75. The number of nitrogens with zero attached hydrogens (tertiary/aromatic N) is 1. The summed E-state index contributed by atoms with van der Waals surface area (Å²) in [5.74, 6) is -1.41. The van der Waals surface area contributed by atoms with Crippen LogP contribution in [0.3, 0.4) is 0 Å². The van der Waals surface area contributed by atoms with Gasteiger partial charge in [0.15, 0.2) is 0 Å². The Labute approximate surface area is 155 Å². The normalized spacial score (nSPS) is 11.8. The van der Waals surface area contributed by atoms with Gasteiger partial charge in [0.1, 0.15) is 17.4 Å². The second-order valence-electron chi connectivity index (χ2n) is 5.38. The van der Waals surface area contributed by atoms with E-state index in [1.807, 2.05) is 0 Å². The third kappa shape index (κ3) is 5.22. The highest BCUT2D eigenvalue weighted by molar-refractivity contribution is 6.30. The summed E-state index contributed by atoms with van der Waals surface area (Å²) in [6, 6.07) is 11.2. The number of nitrogens with one attached hydrogen (secondary N) is 2. The van der Waals surface area contributed by atoms with Crippen LogP contribution in [0, 0.1) is 5.92 Å². The molecule has 8 heteroatoms. The molecule has 2 amide bonds. The van der Waals surface area contributed by atoms with Gasteiger partial charge >= 0.3 is 0 Å². The van der Waals surface area contributed by atoms with E-state index in [0.29, 0.717) is 22.0 Å². The number of ether oxygens (including phenoxy) is 1. The van der Waals surface area contributed by atoms with Gasteiger partial charge in [0.2, 0.25) is 5.91 Å². The maximum Gasteiger partial charge on any atom is 0.252 e. The van der Waals surface area contributed by atoms with Crippen molar-refractivity contribution in [3.05, 3.63) is 53.1 Å². The fraction of sp³-hybridized carbons (Fsp3) is 0.167. The number of hydrogen-bond donors (Lipinski definition) is 3. The molecule has 0 bridgehead atoms. The minimum absolute atomic E-state index is 0.0299. The van der Waals surface area contributed by atoms with E-state index in [1.165, 1.54) is 31.3 Å². The lowest BCUT2D eigenvalue weighted by molar-refractivity contribution is -0.131. The maximum absolute atomic E-state index is 12.1. The SMILES string of the molecule is COc1ccc(NC(=O)C(C)C(=O)NN=Cc2cc(Cl)ccc2O)cc1. The molecule has 0 radical (unpaired) electrons. The van der Waals surface area contributed by atoms with Gasteiger partial charge in [0.05, 0.1) is 13.3 Å². The minimum atomic E-state index is -0.970. The van der Waals surface area contributed by atoms with Crippen molar-refractivity contribution in [3.8, 4) is 11.5 Å². The highest BCUT2D eigenvalue weighted by atomic mass is 35.5. The number of aromatic hydroxyl groups is 1. The van der Waals surface area contributed by atoms with Crippen molar-refractivity contribution >= 4 is 35.3 Å². The van der Waals surface area contributed by atoms with Crippen molar-refractivity contribution in [3.63, 3.8) is 0 Å². The third-order valence-electron chi connectivity index (χ3n) is 3.51. The van der Waals surface area contributed by atoms with Crippen LogP contribution in [0.15, 0.2) is 47.6 Å². The fourth-order valence-electron chi connectivity index (χ4n) is 1.93. The predicted octanol–water partition coefficient (Wildman–Crippen LogP) is 2.78. The summed E-state index contributed by atoms with van der Waals surface area (Å²) < 4.78 is 5.04. The number of amides is 2. The van der Waals surface area contributed by atoms with Crippen LogP contribution < -0.4 is 15.5 Å². The van der Waals surface area contributed by atoms with Gasteiger partial charge in [-0.05, 0) is 49.4 Å². The summed E-state index contributed by atoms with van der Waals surface area (Å²) in [6.45, 7) is 1.46. The fourth-order valence-corrected chi connectivity index (χ4v) is 2.12. The first-order valence-corrected chi connectivity index (χ1v) is 8.05. The quantitative estimate of drug-likeness (QED) is 0.410. The van der Waals surface area contributed by atoms with E-state index in [-0.39, 0.29) is 5.75 Å². The zero-order valence-electron chi connectivity index (χ0n) is 14.2. The first-order chi connectivity index (χ1) is 12.4. The Balaban J connectivity index is 1.92. The molecule has 3 N–H and O–H groups in total. The molecule has 0 saturated heterocycles. The van der Waals surface area contributed by atoms with Crippen LogP contribution in [0.2, 0.25) is 5.02 Å². The van der Waals surface area contributed by atoms with Crippen LogP contribution in [0.1, 0.15) is 12.5 Å². The minimum Gasteiger partial charge on any atom is -0.507 e. The van der Waals surface area contributed by atoms with Crippen LogP contribution in [0.25, 0.3) is 0 Å². The first-order valence-electron chi connectivity index (χ1n) is 7.67. The number of halogens is 1. The smallest absolute Gasteiger partial charge is 0.252 e. The standard InChI is InChI=1S/C18H18ClN3O4/c1-11(17(24)21-14-4-6-15(26-2)7-5-14)18(25)22-20-10-12-9-13(19)3-8-16(12)23/h3-11,23H,1-2H3,(H,21,24)(H,22,25). The van der Waals surface area contributed by atoms with E-state index in [4.69, 9.17) is 16.3 Å². The Morgan fingerprint density at radius 3 is 2.54 bits per heavy atom. The van der Waals surface area contributed by atoms with Gasteiger partial charge in [-0.1, -0.05) is 11.6 Å². The van der Waals surface area contributed by atoms with Gasteiger partial charge in [-0.2, -0.15) is 5.10 Å².